The zero-order valence-corrected chi connectivity index (χ0v) is 22.1. The molecule has 0 saturated carbocycles. The number of hydrogen-bond acceptors (Lipinski definition) is 6. The number of amides is 1. The van der Waals surface area contributed by atoms with Crippen LogP contribution in [0.15, 0.2) is 91.0 Å². The van der Waals surface area contributed by atoms with Gasteiger partial charge >= 0.3 is 5.97 Å². The lowest BCUT2D eigenvalue weighted by Crippen LogP contribution is -2.14. The van der Waals surface area contributed by atoms with Crippen molar-refractivity contribution in [1.29, 1.82) is 0 Å². The number of rotatable bonds is 9. The largest absolute Gasteiger partial charge is 0.493 e. The third-order valence-electron chi connectivity index (χ3n) is 6.61. The van der Waals surface area contributed by atoms with Gasteiger partial charge in [-0.05, 0) is 58.7 Å². The Kier molecular flexibility index (Phi) is 8.11. The van der Waals surface area contributed by atoms with Crippen LogP contribution in [-0.4, -0.2) is 36.4 Å². The lowest BCUT2D eigenvalue weighted by Gasteiger charge is -2.11. The van der Waals surface area contributed by atoms with E-state index in [1.807, 2.05) is 78.9 Å². The molecule has 7 heteroatoms. The molecule has 0 fully saturated rings. The summed E-state index contributed by atoms with van der Waals surface area (Å²) < 4.78 is 10.2. The standard InChI is InChI=1S/C33H28N2O5/c1-39-33(38)16-9-22-7-10-23(11-8-22)27-20-28(24-5-3-2-4-6-24)34-31(21-27)35-32(37)15-13-29(36)25-12-14-30-26(19-25)17-18-40-30/h2-12,14,16,19-21H,13,15,17-18H2,1H3,(H,34,35,37). The van der Waals surface area contributed by atoms with Crippen molar-refractivity contribution in [1.82, 2.24) is 4.98 Å². The van der Waals surface area contributed by atoms with Crippen molar-refractivity contribution >= 4 is 29.6 Å². The SMILES string of the molecule is COC(=O)C=Cc1ccc(-c2cc(NC(=O)CCC(=O)c3ccc4c(c3)CCO4)nc(-c3ccccc3)c2)cc1. The number of carbonyl (C=O) groups excluding carboxylic acids is 3. The molecule has 1 N–H and O–H groups in total. The highest BCUT2D eigenvalue weighted by molar-refractivity contribution is 6.00. The van der Waals surface area contributed by atoms with E-state index >= 15 is 0 Å². The van der Waals surface area contributed by atoms with Crippen LogP contribution in [-0.2, 0) is 20.7 Å². The molecule has 0 aliphatic carbocycles. The monoisotopic (exact) mass is 532 g/mol. The predicted molar refractivity (Wildman–Crippen MR) is 154 cm³/mol. The average molecular weight is 533 g/mol. The van der Waals surface area contributed by atoms with Gasteiger partial charge in [-0.3, -0.25) is 9.59 Å². The van der Waals surface area contributed by atoms with Crippen molar-refractivity contribution < 1.29 is 23.9 Å². The van der Waals surface area contributed by atoms with Crippen LogP contribution in [0.2, 0.25) is 0 Å². The zero-order chi connectivity index (χ0) is 27.9. The van der Waals surface area contributed by atoms with Crippen LogP contribution < -0.4 is 10.1 Å². The molecule has 3 aromatic carbocycles. The third kappa shape index (κ3) is 6.50. The molecular formula is C33H28N2O5. The number of hydrogen-bond donors (Lipinski definition) is 1. The van der Waals surface area contributed by atoms with Gasteiger partial charge in [0.25, 0.3) is 0 Å². The quantitative estimate of drug-likeness (QED) is 0.158. The number of ketones is 1. The Bertz CT molecular complexity index is 1580. The van der Waals surface area contributed by atoms with E-state index in [2.05, 4.69) is 15.0 Å². The number of ether oxygens (including phenoxy) is 2. The summed E-state index contributed by atoms with van der Waals surface area (Å²) in [7, 11) is 1.34. The lowest BCUT2D eigenvalue weighted by molar-refractivity contribution is -0.134. The second kappa shape index (κ2) is 12.2. The van der Waals surface area contributed by atoms with Crippen LogP contribution in [0.25, 0.3) is 28.5 Å². The van der Waals surface area contributed by atoms with E-state index in [0.29, 0.717) is 23.7 Å². The molecule has 1 amide bonds. The Balaban J connectivity index is 1.32. The highest BCUT2D eigenvalue weighted by atomic mass is 16.5. The number of esters is 1. The first kappa shape index (κ1) is 26.6. The summed E-state index contributed by atoms with van der Waals surface area (Å²) in [6.07, 6.45) is 3.97. The van der Waals surface area contributed by atoms with E-state index in [1.54, 1.807) is 12.1 Å². The fourth-order valence-corrected chi connectivity index (χ4v) is 4.47. The molecule has 40 heavy (non-hydrogen) atoms. The highest BCUT2D eigenvalue weighted by Gasteiger charge is 2.16. The summed E-state index contributed by atoms with van der Waals surface area (Å²) in [4.78, 5) is 41.7. The number of fused-ring (bicyclic) bond motifs is 1. The number of methoxy groups -OCH3 is 1. The molecule has 1 aliphatic rings. The maximum absolute atomic E-state index is 12.9. The molecular weight excluding hydrogens is 504 g/mol. The van der Waals surface area contributed by atoms with Gasteiger partial charge in [0.1, 0.15) is 11.6 Å². The number of Topliss-reactive ketones (excluding diaryl/α,β-unsaturated/α-hetero) is 1. The molecule has 200 valence electrons. The van der Waals surface area contributed by atoms with E-state index in [-0.39, 0.29) is 24.5 Å². The minimum Gasteiger partial charge on any atom is -0.493 e. The van der Waals surface area contributed by atoms with Crippen LogP contribution in [0, 0.1) is 0 Å². The molecule has 1 aliphatic heterocycles. The minimum absolute atomic E-state index is 0.0419. The molecule has 5 rings (SSSR count). The van der Waals surface area contributed by atoms with Gasteiger partial charge in [0.15, 0.2) is 5.78 Å². The number of carbonyl (C=O) groups is 3. The van der Waals surface area contributed by atoms with Gasteiger partial charge in [-0.25, -0.2) is 9.78 Å². The number of nitrogens with zero attached hydrogens (tertiary/aromatic N) is 1. The highest BCUT2D eigenvalue weighted by Crippen LogP contribution is 2.29. The van der Waals surface area contributed by atoms with Crippen molar-refractivity contribution in [3.8, 4) is 28.1 Å². The predicted octanol–water partition coefficient (Wildman–Crippen LogP) is 6.14. The van der Waals surface area contributed by atoms with Crippen molar-refractivity contribution in [2.75, 3.05) is 19.0 Å². The second-order valence-corrected chi connectivity index (χ2v) is 9.36. The normalized spacial score (nSPS) is 12.0. The maximum atomic E-state index is 12.9. The first-order valence-electron chi connectivity index (χ1n) is 13.0. The molecule has 0 unspecified atom stereocenters. The molecule has 0 saturated heterocycles. The van der Waals surface area contributed by atoms with Gasteiger partial charge in [0.05, 0.1) is 19.4 Å². The number of aromatic nitrogens is 1. The first-order valence-corrected chi connectivity index (χ1v) is 13.0. The Morgan fingerprint density at radius 2 is 1.70 bits per heavy atom. The van der Waals surface area contributed by atoms with Crippen molar-refractivity contribution in [2.24, 2.45) is 0 Å². The lowest BCUT2D eigenvalue weighted by atomic mass is 10.0. The van der Waals surface area contributed by atoms with E-state index in [4.69, 9.17) is 4.74 Å². The second-order valence-electron chi connectivity index (χ2n) is 9.36. The summed E-state index contributed by atoms with van der Waals surface area (Å²) in [5.41, 5.74) is 5.86. The number of nitrogens with one attached hydrogen (secondary N) is 1. The summed E-state index contributed by atoms with van der Waals surface area (Å²) in [5, 5.41) is 2.88. The third-order valence-corrected chi connectivity index (χ3v) is 6.61. The number of benzene rings is 3. The average Bonchev–Trinajstić information content (AvgIpc) is 3.47. The summed E-state index contributed by atoms with van der Waals surface area (Å²) in [6, 6.07) is 26.6. The number of pyridine rings is 1. The zero-order valence-electron chi connectivity index (χ0n) is 22.1. The Hall–Kier alpha value is -5.04. The van der Waals surface area contributed by atoms with Crippen LogP contribution in [0.4, 0.5) is 5.82 Å². The molecule has 0 atom stereocenters. The van der Waals surface area contributed by atoms with Crippen molar-refractivity contribution in [2.45, 2.75) is 19.3 Å². The van der Waals surface area contributed by atoms with E-state index in [0.717, 1.165) is 40.0 Å². The van der Waals surface area contributed by atoms with Crippen LogP contribution >= 0.6 is 0 Å². The van der Waals surface area contributed by atoms with Crippen LogP contribution in [0.1, 0.15) is 34.3 Å². The van der Waals surface area contributed by atoms with Gasteiger partial charge < -0.3 is 14.8 Å². The van der Waals surface area contributed by atoms with Gasteiger partial charge in [0.2, 0.25) is 5.91 Å². The summed E-state index contributed by atoms with van der Waals surface area (Å²) >= 11 is 0. The Morgan fingerprint density at radius 3 is 2.48 bits per heavy atom. The number of anilines is 1. The minimum atomic E-state index is -0.422. The molecule has 4 aromatic rings. The van der Waals surface area contributed by atoms with Gasteiger partial charge in [0, 0.05) is 36.5 Å². The van der Waals surface area contributed by atoms with E-state index < -0.39 is 5.97 Å². The van der Waals surface area contributed by atoms with Gasteiger partial charge in [-0.2, -0.15) is 0 Å². The molecule has 1 aromatic heterocycles. The van der Waals surface area contributed by atoms with Crippen LogP contribution in [0.3, 0.4) is 0 Å². The Morgan fingerprint density at radius 1 is 0.900 bits per heavy atom. The smallest absolute Gasteiger partial charge is 0.330 e. The van der Waals surface area contributed by atoms with Crippen LogP contribution in [0.5, 0.6) is 5.75 Å². The fourth-order valence-electron chi connectivity index (χ4n) is 4.47. The molecule has 0 radical (unpaired) electrons. The Labute approximate surface area is 232 Å². The summed E-state index contributed by atoms with van der Waals surface area (Å²) in [5.74, 6) is 0.428. The molecule has 0 bridgehead atoms. The molecule has 0 spiro atoms. The van der Waals surface area contributed by atoms with Crippen molar-refractivity contribution in [3.05, 3.63) is 108 Å². The van der Waals surface area contributed by atoms with Crippen molar-refractivity contribution in [3.63, 3.8) is 0 Å². The molecule has 7 nitrogen and oxygen atoms in total. The van der Waals surface area contributed by atoms with Gasteiger partial charge in [-0.1, -0.05) is 54.6 Å². The molecule has 2 heterocycles. The maximum Gasteiger partial charge on any atom is 0.330 e. The summed E-state index contributed by atoms with van der Waals surface area (Å²) in [6.45, 7) is 0.628. The topological polar surface area (TPSA) is 94.6 Å². The van der Waals surface area contributed by atoms with E-state index in [9.17, 15) is 14.4 Å². The van der Waals surface area contributed by atoms with E-state index in [1.165, 1.54) is 13.2 Å². The first-order chi connectivity index (χ1) is 19.5. The fraction of sp³-hybridized carbons (Fsp3) is 0.152. The van der Waals surface area contributed by atoms with Gasteiger partial charge in [-0.15, -0.1) is 0 Å².